The number of hydrogen-bond acceptors (Lipinski definition) is 4. The monoisotopic (exact) mass is 249 g/mol. The zero-order valence-electron chi connectivity index (χ0n) is 10.8. The summed E-state index contributed by atoms with van der Waals surface area (Å²) in [6.07, 6.45) is -0.599. The number of fused-ring (bicyclic) bond motifs is 1. The summed E-state index contributed by atoms with van der Waals surface area (Å²) in [6.45, 7) is 3.87. The second kappa shape index (κ2) is 4.26. The average molecular weight is 249 g/mol. The second-order valence-corrected chi connectivity index (χ2v) is 5.22. The van der Waals surface area contributed by atoms with Crippen LogP contribution < -0.4 is 16.4 Å². The van der Waals surface area contributed by atoms with Crippen LogP contribution in [0.25, 0.3) is 0 Å². The molecule has 1 aliphatic heterocycles. The van der Waals surface area contributed by atoms with Gasteiger partial charge in [-0.2, -0.15) is 0 Å². The van der Waals surface area contributed by atoms with Gasteiger partial charge in [-0.25, -0.2) is 0 Å². The van der Waals surface area contributed by atoms with Crippen molar-refractivity contribution in [2.75, 3.05) is 12.4 Å². The van der Waals surface area contributed by atoms with E-state index in [9.17, 15) is 9.90 Å². The molecule has 0 aliphatic carbocycles. The van der Waals surface area contributed by atoms with Crippen LogP contribution in [0.5, 0.6) is 0 Å². The Morgan fingerprint density at radius 3 is 2.72 bits per heavy atom. The molecule has 0 bridgehead atoms. The fourth-order valence-corrected chi connectivity index (χ4v) is 2.41. The average Bonchev–Trinajstić information content (AvgIpc) is 2.30. The molecule has 5 N–H and O–H groups in total. The van der Waals surface area contributed by atoms with Gasteiger partial charge < -0.3 is 21.5 Å². The fourth-order valence-electron chi connectivity index (χ4n) is 2.41. The van der Waals surface area contributed by atoms with Crippen molar-refractivity contribution >= 4 is 11.6 Å². The van der Waals surface area contributed by atoms with Gasteiger partial charge in [0.1, 0.15) is 0 Å². The number of aliphatic hydroxyl groups is 1. The van der Waals surface area contributed by atoms with Gasteiger partial charge in [-0.15, -0.1) is 0 Å². The van der Waals surface area contributed by atoms with Crippen LogP contribution >= 0.6 is 0 Å². The number of primary amides is 1. The lowest BCUT2D eigenvalue weighted by atomic mass is 9.82. The number of anilines is 1. The van der Waals surface area contributed by atoms with Gasteiger partial charge in [0, 0.05) is 11.3 Å². The summed E-state index contributed by atoms with van der Waals surface area (Å²) in [5.74, 6) is -0.466. The Labute approximate surface area is 106 Å². The highest BCUT2D eigenvalue weighted by Crippen LogP contribution is 2.37. The zero-order chi connectivity index (χ0) is 13.5. The molecule has 1 heterocycles. The van der Waals surface area contributed by atoms with E-state index in [1.54, 1.807) is 19.2 Å². The molecule has 0 aromatic heterocycles. The van der Waals surface area contributed by atoms with Crippen LogP contribution in [0, 0.1) is 0 Å². The van der Waals surface area contributed by atoms with E-state index in [1.807, 2.05) is 19.9 Å². The number of nitrogens with two attached hydrogens (primary N) is 1. The lowest BCUT2D eigenvalue weighted by Gasteiger charge is -2.43. The van der Waals surface area contributed by atoms with Crippen LogP contribution in [0.3, 0.4) is 0 Å². The molecule has 18 heavy (non-hydrogen) atoms. The van der Waals surface area contributed by atoms with Crippen LogP contribution in [0.4, 0.5) is 5.69 Å². The normalized spacial score (nSPS) is 25.1. The van der Waals surface area contributed by atoms with Crippen molar-refractivity contribution in [1.29, 1.82) is 0 Å². The third-order valence-electron chi connectivity index (χ3n) is 3.49. The summed E-state index contributed by atoms with van der Waals surface area (Å²) in [5, 5.41) is 16.7. The first-order valence-corrected chi connectivity index (χ1v) is 5.94. The van der Waals surface area contributed by atoms with Crippen molar-refractivity contribution in [2.45, 2.75) is 31.5 Å². The summed E-state index contributed by atoms with van der Waals surface area (Å²) < 4.78 is 0. The van der Waals surface area contributed by atoms with Gasteiger partial charge in [-0.3, -0.25) is 4.79 Å². The number of benzene rings is 1. The van der Waals surface area contributed by atoms with E-state index in [4.69, 9.17) is 5.73 Å². The minimum absolute atomic E-state index is 0.226. The topological polar surface area (TPSA) is 87.4 Å². The third kappa shape index (κ3) is 1.95. The molecule has 0 saturated carbocycles. The molecular weight excluding hydrogens is 230 g/mol. The van der Waals surface area contributed by atoms with Crippen LogP contribution in [-0.4, -0.2) is 29.7 Å². The van der Waals surface area contributed by atoms with E-state index in [-0.39, 0.29) is 6.04 Å². The second-order valence-electron chi connectivity index (χ2n) is 5.22. The molecule has 1 aromatic carbocycles. The summed E-state index contributed by atoms with van der Waals surface area (Å²) in [6, 6.07) is 5.02. The van der Waals surface area contributed by atoms with Gasteiger partial charge in [0.05, 0.1) is 17.7 Å². The fraction of sp³-hybridized carbons (Fsp3) is 0.462. The molecule has 98 valence electrons. The molecule has 0 fully saturated rings. The molecule has 5 nitrogen and oxygen atoms in total. The SMILES string of the molecule is CN[C@@H]1c2cc(C(N)=O)ccc2NC(C)(C)[C@H]1O. The van der Waals surface area contributed by atoms with Gasteiger partial charge in [-0.05, 0) is 44.7 Å². The van der Waals surface area contributed by atoms with Crippen LogP contribution in [-0.2, 0) is 0 Å². The maximum absolute atomic E-state index is 11.2. The van der Waals surface area contributed by atoms with Crippen molar-refractivity contribution in [3.63, 3.8) is 0 Å². The Hall–Kier alpha value is -1.59. The van der Waals surface area contributed by atoms with E-state index in [2.05, 4.69) is 10.6 Å². The molecule has 0 radical (unpaired) electrons. The summed E-state index contributed by atoms with van der Waals surface area (Å²) in [5.41, 5.74) is 7.06. The Balaban J connectivity index is 2.53. The number of aliphatic hydroxyl groups excluding tert-OH is 1. The molecule has 0 unspecified atom stereocenters. The predicted octanol–water partition coefficient (Wildman–Crippen LogP) is 0.611. The lowest BCUT2D eigenvalue weighted by molar-refractivity contribution is 0.0716. The quantitative estimate of drug-likeness (QED) is 0.618. The maximum atomic E-state index is 11.2. The Kier molecular flexibility index (Phi) is 3.04. The summed E-state index contributed by atoms with van der Waals surface area (Å²) in [7, 11) is 1.79. The van der Waals surface area contributed by atoms with Gasteiger partial charge in [0.25, 0.3) is 0 Å². The Bertz CT molecular complexity index is 485. The number of carbonyl (C=O) groups is 1. The highest BCUT2D eigenvalue weighted by molar-refractivity contribution is 5.93. The van der Waals surface area contributed by atoms with E-state index in [1.165, 1.54) is 0 Å². The Morgan fingerprint density at radius 1 is 1.50 bits per heavy atom. The van der Waals surface area contributed by atoms with Crippen molar-refractivity contribution in [3.05, 3.63) is 29.3 Å². The first-order chi connectivity index (χ1) is 8.36. The Morgan fingerprint density at radius 2 is 2.17 bits per heavy atom. The molecule has 2 rings (SSSR count). The zero-order valence-corrected chi connectivity index (χ0v) is 10.8. The number of carbonyl (C=O) groups excluding carboxylic acids is 1. The number of rotatable bonds is 2. The third-order valence-corrected chi connectivity index (χ3v) is 3.49. The molecule has 0 saturated heterocycles. The van der Waals surface area contributed by atoms with Crippen molar-refractivity contribution < 1.29 is 9.90 Å². The number of likely N-dealkylation sites (N-methyl/N-ethyl adjacent to an activating group) is 1. The summed E-state index contributed by atoms with van der Waals surface area (Å²) >= 11 is 0. The smallest absolute Gasteiger partial charge is 0.248 e. The molecule has 1 aromatic rings. The molecule has 5 heteroatoms. The first kappa shape index (κ1) is 12.9. The summed E-state index contributed by atoms with van der Waals surface area (Å²) in [4.78, 5) is 11.2. The van der Waals surface area contributed by atoms with Crippen molar-refractivity contribution in [2.24, 2.45) is 5.73 Å². The van der Waals surface area contributed by atoms with Gasteiger partial charge >= 0.3 is 0 Å². The molecule has 1 amide bonds. The van der Waals surface area contributed by atoms with E-state index < -0.39 is 17.6 Å². The number of hydrogen-bond donors (Lipinski definition) is 4. The lowest BCUT2D eigenvalue weighted by Crippen LogP contribution is -2.53. The van der Waals surface area contributed by atoms with Crippen molar-refractivity contribution in [3.8, 4) is 0 Å². The highest BCUT2D eigenvalue weighted by Gasteiger charge is 2.40. The molecule has 2 atom stereocenters. The number of nitrogens with one attached hydrogen (secondary N) is 2. The minimum Gasteiger partial charge on any atom is -0.389 e. The van der Waals surface area contributed by atoms with Crippen molar-refractivity contribution in [1.82, 2.24) is 5.32 Å². The predicted molar refractivity (Wildman–Crippen MR) is 70.5 cm³/mol. The van der Waals surface area contributed by atoms with Gasteiger partial charge in [0.2, 0.25) is 5.91 Å². The standard InChI is InChI=1S/C13H19N3O2/c1-13(2)11(17)10(15-3)8-6-7(12(14)18)4-5-9(8)16-13/h4-6,10-11,15-17H,1-3H3,(H2,14,18)/t10-,11+/m1/s1. The molecular formula is C13H19N3O2. The van der Waals surface area contributed by atoms with E-state index >= 15 is 0 Å². The first-order valence-electron chi connectivity index (χ1n) is 5.94. The molecule has 1 aliphatic rings. The minimum atomic E-state index is -0.599. The van der Waals surface area contributed by atoms with Crippen LogP contribution in [0.2, 0.25) is 0 Å². The number of amides is 1. The largest absolute Gasteiger partial charge is 0.389 e. The highest BCUT2D eigenvalue weighted by atomic mass is 16.3. The van der Waals surface area contributed by atoms with Gasteiger partial charge in [0.15, 0.2) is 0 Å². The van der Waals surface area contributed by atoms with Gasteiger partial charge in [-0.1, -0.05) is 0 Å². The van der Waals surface area contributed by atoms with Crippen LogP contribution in [0.1, 0.15) is 35.8 Å². The van der Waals surface area contributed by atoms with E-state index in [0.29, 0.717) is 5.56 Å². The van der Waals surface area contributed by atoms with Crippen LogP contribution in [0.15, 0.2) is 18.2 Å². The maximum Gasteiger partial charge on any atom is 0.248 e. The van der Waals surface area contributed by atoms with E-state index in [0.717, 1.165) is 11.3 Å². The molecule has 0 spiro atoms.